The van der Waals surface area contributed by atoms with Crippen LogP contribution in [-0.2, 0) is 26.7 Å². The van der Waals surface area contributed by atoms with Gasteiger partial charge in [0.2, 0.25) is 0 Å². The molecule has 1 saturated heterocycles. The minimum Gasteiger partial charge on any atom is -0.345 e. The molecule has 0 N–H and O–H groups in total. The summed E-state index contributed by atoms with van der Waals surface area (Å²) in [4.78, 5) is 0.844. The van der Waals surface area contributed by atoms with E-state index in [0.29, 0.717) is 5.75 Å². The molecule has 0 aromatic heterocycles. The fourth-order valence-corrected chi connectivity index (χ4v) is 5.23. The van der Waals surface area contributed by atoms with Crippen molar-refractivity contribution < 1.29 is 13.7 Å². The molecule has 3 aromatic carbocycles. The lowest BCUT2D eigenvalue weighted by Crippen LogP contribution is -2.44. The molecular formula is C26H28O3S. The monoisotopic (exact) mass is 420 g/mol. The molecular weight excluding hydrogens is 392 g/mol. The summed E-state index contributed by atoms with van der Waals surface area (Å²) < 4.78 is 25.7. The predicted octanol–water partition coefficient (Wildman–Crippen LogP) is 5.55. The molecule has 3 aromatic rings. The average Bonchev–Trinajstić information content (AvgIpc) is 2.81. The third-order valence-corrected chi connectivity index (χ3v) is 7.15. The van der Waals surface area contributed by atoms with E-state index in [1.807, 2.05) is 66.7 Å². The fraction of sp³-hybridized carbons (Fsp3) is 0.308. The van der Waals surface area contributed by atoms with Crippen LogP contribution < -0.4 is 0 Å². The summed E-state index contributed by atoms with van der Waals surface area (Å²) in [5, 5.41) is 0. The molecule has 1 aliphatic rings. The van der Waals surface area contributed by atoms with Crippen LogP contribution in [0.4, 0.5) is 0 Å². The van der Waals surface area contributed by atoms with Gasteiger partial charge in [-0.05, 0) is 30.5 Å². The molecule has 3 nitrogen and oxygen atoms in total. The van der Waals surface area contributed by atoms with Crippen molar-refractivity contribution in [3.05, 3.63) is 102 Å². The van der Waals surface area contributed by atoms with Gasteiger partial charge >= 0.3 is 0 Å². The van der Waals surface area contributed by atoms with E-state index in [9.17, 15) is 4.21 Å². The standard InChI is InChI=1S/C26H28O3S/c1-20-24(18-17-21-11-5-2-6-12-21)28-26(22-13-7-3-8-14-22)29-25(20)19-30(27)23-15-9-4-10-16-23/h2-16,20,24-26H,17-19H2,1H3/t20-,24-,25+,26-,30?/m1/s1. The second-order valence-corrected chi connectivity index (χ2v) is 9.30. The average molecular weight is 421 g/mol. The number of aryl methyl sites for hydroxylation is 1. The number of ether oxygens (including phenoxy) is 2. The first kappa shape index (κ1) is 21.0. The Morgan fingerprint density at radius 1 is 0.767 bits per heavy atom. The highest BCUT2D eigenvalue weighted by Crippen LogP contribution is 2.36. The maximum Gasteiger partial charge on any atom is 0.184 e. The van der Waals surface area contributed by atoms with Gasteiger partial charge in [-0.1, -0.05) is 85.8 Å². The zero-order valence-corrected chi connectivity index (χ0v) is 18.0. The zero-order chi connectivity index (χ0) is 20.8. The normalized spacial score (nSPS) is 25.0. The van der Waals surface area contributed by atoms with Crippen molar-refractivity contribution in [3.8, 4) is 0 Å². The van der Waals surface area contributed by atoms with Crippen LogP contribution in [0.5, 0.6) is 0 Å². The Balaban J connectivity index is 1.51. The van der Waals surface area contributed by atoms with Crippen LogP contribution in [0.3, 0.4) is 0 Å². The molecule has 1 unspecified atom stereocenters. The fourth-order valence-electron chi connectivity index (χ4n) is 3.90. The van der Waals surface area contributed by atoms with Crippen LogP contribution in [-0.4, -0.2) is 22.2 Å². The van der Waals surface area contributed by atoms with E-state index in [1.165, 1.54) is 5.56 Å². The highest BCUT2D eigenvalue weighted by atomic mass is 32.2. The van der Waals surface area contributed by atoms with Crippen LogP contribution in [0.1, 0.15) is 30.8 Å². The maximum atomic E-state index is 13.0. The minimum absolute atomic E-state index is 0.0435. The molecule has 0 saturated carbocycles. The topological polar surface area (TPSA) is 35.5 Å². The van der Waals surface area contributed by atoms with Gasteiger partial charge in [-0.15, -0.1) is 0 Å². The Hall–Kier alpha value is -2.27. The van der Waals surface area contributed by atoms with Crippen molar-refractivity contribution in [1.82, 2.24) is 0 Å². The smallest absolute Gasteiger partial charge is 0.184 e. The highest BCUT2D eigenvalue weighted by molar-refractivity contribution is 7.85. The Kier molecular flexibility index (Phi) is 7.11. The van der Waals surface area contributed by atoms with E-state index >= 15 is 0 Å². The summed E-state index contributed by atoms with van der Waals surface area (Å²) in [6.45, 7) is 2.16. The first-order valence-corrected chi connectivity index (χ1v) is 11.9. The molecule has 4 heteroatoms. The summed E-state index contributed by atoms with van der Waals surface area (Å²) >= 11 is 0. The number of hydrogen-bond acceptors (Lipinski definition) is 3. The van der Waals surface area contributed by atoms with E-state index in [1.54, 1.807) is 0 Å². The summed E-state index contributed by atoms with van der Waals surface area (Å²) in [5.74, 6) is 0.626. The molecule has 1 heterocycles. The number of rotatable bonds is 7. The molecule has 0 aliphatic carbocycles. The van der Waals surface area contributed by atoms with Gasteiger partial charge < -0.3 is 9.47 Å². The van der Waals surface area contributed by atoms with Crippen molar-refractivity contribution in [2.45, 2.75) is 43.2 Å². The van der Waals surface area contributed by atoms with E-state index in [-0.39, 0.29) is 18.1 Å². The van der Waals surface area contributed by atoms with Crippen molar-refractivity contribution in [2.24, 2.45) is 5.92 Å². The summed E-state index contributed by atoms with van der Waals surface area (Å²) in [5.41, 5.74) is 2.31. The summed E-state index contributed by atoms with van der Waals surface area (Å²) in [6, 6.07) is 30.2. The first-order valence-electron chi connectivity index (χ1n) is 10.5. The summed E-state index contributed by atoms with van der Waals surface area (Å²) in [7, 11) is -1.11. The molecule has 5 atom stereocenters. The first-order chi connectivity index (χ1) is 14.7. The maximum absolute atomic E-state index is 13.0. The van der Waals surface area contributed by atoms with Crippen LogP contribution in [0, 0.1) is 5.92 Å². The molecule has 1 aliphatic heterocycles. The number of hydrogen-bond donors (Lipinski definition) is 0. The van der Waals surface area contributed by atoms with E-state index in [0.717, 1.165) is 23.3 Å². The molecule has 1 fully saturated rings. The van der Waals surface area contributed by atoms with Gasteiger partial charge in [0, 0.05) is 16.4 Å². The molecule has 0 bridgehead atoms. The minimum atomic E-state index is -1.11. The van der Waals surface area contributed by atoms with Gasteiger partial charge in [0.1, 0.15) is 0 Å². The molecule has 0 spiro atoms. The van der Waals surface area contributed by atoms with Gasteiger partial charge in [-0.2, -0.15) is 0 Å². The van der Waals surface area contributed by atoms with Crippen LogP contribution in [0.2, 0.25) is 0 Å². The SMILES string of the molecule is C[C@H]1[C@H](CS(=O)c2ccccc2)O[C@H](c2ccccc2)O[C@@H]1CCc1ccccc1. The third-order valence-electron chi connectivity index (χ3n) is 5.72. The van der Waals surface area contributed by atoms with E-state index in [4.69, 9.17) is 9.47 Å². The van der Waals surface area contributed by atoms with Gasteiger partial charge in [0.15, 0.2) is 6.29 Å². The van der Waals surface area contributed by atoms with Gasteiger partial charge in [0.25, 0.3) is 0 Å². The van der Waals surface area contributed by atoms with Gasteiger partial charge in [-0.3, -0.25) is 4.21 Å². The molecule has 0 amide bonds. The summed E-state index contributed by atoms with van der Waals surface area (Å²) in [6.07, 6.45) is 1.34. The molecule has 156 valence electrons. The largest absolute Gasteiger partial charge is 0.345 e. The Labute approximate surface area is 181 Å². The number of benzene rings is 3. The van der Waals surface area contributed by atoms with Crippen molar-refractivity contribution in [2.75, 3.05) is 5.75 Å². The Bertz CT molecular complexity index is 930. The second kappa shape index (κ2) is 10.2. The van der Waals surface area contributed by atoms with Crippen molar-refractivity contribution in [3.63, 3.8) is 0 Å². The van der Waals surface area contributed by atoms with Gasteiger partial charge in [-0.25, -0.2) is 0 Å². The van der Waals surface area contributed by atoms with Gasteiger partial charge in [0.05, 0.1) is 28.8 Å². The van der Waals surface area contributed by atoms with E-state index < -0.39 is 17.1 Å². The Morgan fingerprint density at radius 2 is 1.33 bits per heavy atom. The predicted molar refractivity (Wildman–Crippen MR) is 121 cm³/mol. The third kappa shape index (κ3) is 5.25. The quantitative estimate of drug-likeness (QED) is 0.503. The highest BCUT2D eigenvalue weighted by Gasteiger charge is 2.38. The molecule has 30 heavy (non-hydrogen) atoms. The van der Waals surface area contributed by atoms with Crippen molar-refractivity contribution in [1.29, 1.82) is 0 Å². The second-order valence-electron chi connectivity index (χ2n) is 7.80. The van der Waals surface area contributed by atoms with Crippen LogP contribution in [0.15, 0.2) is 95.9 Å². The Morgan fingerprint density at radius 3 is 2.00 bits per heavy atom. The van der Waals surface area contributed by atoms with Crippen LogP contribution >= 0.6 is 0 Å². The van der Waals surface area contributed by atoms with Crippen molar-refractivity contribution >= 4 is 10.8 Å². The van der Waals surface area contributed by atoms with E-state index in [2.05, 4.69) is 31.2 Å². The molecule has 0 radical (unpaired) electrons. The van der Waals surface area contributed by atoms with Crippen LogP contribution in [0.25, 0.3) is 0 Å². The lowest BCUT2D eigenvalue weighted by Gasteiger charge is -2.41. The lowest BCUT2D eigenvalue weighted by molar-refractivity contribution is -0.266. The lowest BCUT2D eigenvalue weighted by atomic mass is 9.92. The molecule has 4 rings (SSSR count). The zero-order valence-electron chi connectivity index (χ0n) is 17.2.